The Morgan fingerprint density at radius 2 is 1.89 bits per heavy atom. The molecule has 2 aromatic carbocycles. The molecular formula is C26H25ClFN3O4S. The SMILES string of the molecule is COc1c(C(=O)NC2CCNCC2)sc2c1c(=O)n(CC(=O)c1ccccc1)c1ccc(F)cc21.Cl. The number of carbonyl (C=O) groups excluding carboxylic acids is 2. The van der Waals surface area contributed by atoms with Gasteiger partial charge in [0.15, 0.2) is 11.5 Å². The number of Topliss-reactive ketones (excluding diaryl/α,β-unsaturated/α-hetero) is 1. The van der Waals surface area contributed by atoms with Gasteiger partial charge in [-0.2, -0.15) is 0 Å². The zero-order chi connectivity index (χ0) is 24.5. The normalized spacial score (nSPS) is 13.9. The number of rotatable bonds is 6. The summed E-state index contributed by atoms with van der Waals surface area (Å²) >= 11 is 1.10. The van der Waals surface area contributed by atoms with Crippen molar-refractivity contribution in [3.63, 3.8) is 0 Å². The van der Waals surface area contributed by atoms with Crippen LogP contribution in [-0.2, 0) is 6.54 Å². The minimum atomic E-state index is -0.480. The summed E-state index contributed by atoms with van der Waals surface area (Å²) in [5.41, 5.74) is 0.425. The molecule has 0 saturated carbocycles. The summed E-state index contributed by atoms with van der Waals surface area (Å²) in [7, 11) is 1.40. The van der Waals surface area contributed by atoms with E-state index < -0.39 is 11.4 Å². The number of halogens is 2. The molecule has 3 heterocycles. The van der Waals surface area contributed by atoms with Crippen molar-refractivity contribution in [2.75, 3.05) is 20.2 Å². The number of ketones is 1. The van der Waals surface area contributed by atoms with Crippen molar-refractivity contribution >= 4 is 56.4 Å². The standard InChI is InChI=1S/C26H24FN3O4S.ClH/c1-34-22-21-23(35-24(22)25(32)29-17-9-11-28-12-10-17)18-13-16(27)7-8-19(18)30(26(21)33)14-20(31)15-5-3-2-4-6-15;/h2-8,13,17,28H,9-12,14H2,1H3,(H,29,32);1H. The Kier molecular flexibility index (Phi) is 7.73. The van der Waals surface area contributed by atoms with Crippen molar-refractivity contribution in [3.05, 3.63) is 75.1 Å². The third-order valence-corrected chi connectivity index (χ3v) is 7.50. The second-order valence-corrected chi connectivity index (χ2v) is 9.53. The van der Waals surface area contributed by atoms with Crippen LogP contribution in [0.15, 0.2) is 53.3 Å². The Labute approximate surface area is 216 Å². The molecule has 1 aliphatic rings. The number of hydrogen-bond donors (Lipinski definition) is 2. The van der Waals surface area contributed by atoms with Gasteiger partial charge in [-0.3, -0.25) is 19.0 Å². The molecule has 0 radical (unpaired) electrons. The fourth-order valence-corrected chi connectivity index (χ4v) is 5.74. The predicted molar refractivity (Wildman–Crippen MR) is 141 cm³/mol. The number of nitrogens with one attached hydrogen (secondary N) is 2. The Morgan fingerprint density at radius 3 is 2.58 bits per heavy atom. The largest absolute Gasteiger partial charge is 0.494 e. The third kappa shape index (κ3) is 4.74. The summed E-state index contributed by atoms with van der Waals surface area (Å²) in [6, 6.07) is 12.8. The van der Waals surface area contributed by atoms with Gasteiger partial charge < -0.3 is 15.4 Å². The molecule has 188 valence electrons. The first-order valence-electron chi connectivity index (χ1n) is 11.4. The summed E-state index contributed by atoms with van der Waals surface area (Å²) in [6.45, 7) is 1.41. The Morgan fingerprint density at radius 1 is 1.17 bits per heavy atom. The van der Waals surface area contributed by atoms with Crippen molar-refractivity contribution in [1.29, 1.82) is 0 Å². The lowest BCUT2D eigenvalue weighted by Crippen LogP contribution is -2.42. The molecule has 10 heteroatoms. The minimum Gasteiger partial charge on any atom is -0.494 e. The van der Waals surface area contributed by atoms with E-state index in [4.69, 9.17) is 4.74 Å². The summed E-state index contributed by atoms with van der Waals surface area (Å²) < 4.78 is 21.7. The van der Waals surface area contributed by atoms with E-state index >= 15 is 0 Å². The van der Waals surface area contributed by atoms with Crippen LogP contribution in [0.1, 0.15) is 32.9 Å². The Hall–Kier alpha value is -3.27. The first-order valence-corrected chi connectivity index (χ1v) is 12.2. The van der Waals surface area contributed by atoms with Gasteiger partial charge in [-0.05, 0) is 44.1 Å². The molecule has 1 saturated heterocycles. The smallest absolute Gasteiger partial charge is 0.265 e. The molecule has 7 nitrogen and oxygen atoms in total. The van der Waals surface area contributed by atoms with E-state index in [1.54, 1.807) is 30.3 Å². The number of amides is 1. The van der Waals surface area contributed by atoms with E-state index in [9.17, 15) is 18.8 Å². The van der Waals surface area contributed by atoms with Gasteiger partial charge in [0.1, 0.15) is 16.1 Å². The minimum absolute atomic E-state index is 0. The molecule has 2 N–H and O–H groups in total. The van der Waals surface area contributed by atoms with E-state index in [2.05, 4.69) is 10.6 Å². The maximum absolute atomic E-state index is 14.3. The number of carbonyl (C=O) groups is 2. The summed E-state index contributed by atoms with van der Waals surface area (Å²) in [6.07, 6.45) is 1.61. The van der Waals surface area contributed by atoms with Gasteiger partial charge >= 0.3 is 0 Å². The van der Waals surface area contributed by atoms with E-state index in [-0.39, 0.29) is 52.7 Å². The van der Waals surface area contributed by atoms with E-state index in [0.29, 0.717) is 21.2 Å². The lowest BCUT2D eigenvalue weighted by Gasteiger charge is -2.23. The number of benzene rings is 2. The van der Waals surface area contributed by atoms with E-state index in [1.807, 2.05) is 0 Å². The van der Waals surface area contributed by atoms with Crippen LogP contribution in [0.4, 0.5) is 4.39 Å². The maximum atomic E-state index is 14.3. The van der Waals surface area contributed by atoms with Crippen LogP contribution in [0.2, 0.25) is 0 Å². The maximum Gasteiger partial charge on any atom is 0.265 e. The van der Waals surface area contributed by atoms with Crippen molar-refractivity contribution in [3.8, 4) is 5.75 Å². The number of aromatic nitrogens is 1. The quantitative estimate of drug-likeness (QED) is 0.366. The number of nitrogens with zero attached hydrogens (tertiary/aromatic N) is 1. The molecule has 5 rings (SSSR count). The molecular weight excluding hydrogens is 505 g/mol. The molecule has 1 amide bonds. The van der Waals surface area contributed by atoms with Gasteiger partial charge in [0.25, 0.3) is 11.5 Å². The van der Waals surface area contributed by atoms with Crippen LogP contribution in [0.3, 0.4) is 0 Å². The summed E-state index contributed by atoms with van der Waals surface area (Å²) in [5, 5.41) is 6.91. The summed E-state index contributed by atoms with van der Waals surface area (Å²) in [4.78, 5) is 40.1. The fraction of sp³-hybridized carbons (Fsp3) is 0.269. The number of hydrogen-bond acceptors (Lipinski definition) is 6. The lowest BCUT2D eigenvalue weighted by molar-refractivity contribution is 0.0929. The highest BCUT2D eigenvalue weighted by Gasteiger charge is 2.27. The number of methoxy groups -OCH3 is 1. The van der Waals surface area contributed by atoms with Gasteiger partial charge in [0.2, 0.25) is 0 Å². The fourth-order valence-electron chi connectivity index (χ4n) is 4.55. The van der Waals surface area contributed by atoms with Crippen LogP contribution in [-0.4, -0.2) is 42.5 Å². The number of ether oxygens (including phenoxy) is 1. The second kappa shape index (κ2) is 10.8. The van der Waals surface area contributed by atoms with Crippen molar-refractivity contribution in [1.82, 2.24) is 15.2 Å². The predicted octanol–water partition coefficient (Wildman–Crippen LogP) is 4.15. The zero-order valence-corrected chi connectivity index (χ0v) is 21.1. The number of piperidine rings is 1. The molecule has 0 unspecified atom stereocenters. The second-order valence-electron chi connectivity index (χ2n) is 8.51. The van der Waals surface area contributed by atoms with E-state index in [1.165, 1.54) is 29.9 Å². The van der Waals surface area contributed by atoms with Crippen LogP contribution in [0.5, 0.6) is 5.75 Å². The monoisotopic (exact) mass is 529 g/mol. The first kappa shape index (κ1) is 25.8. The van der Waals surface area contributed by atoms with E-state index in [0.717, 1.165) is 37.3 Å². The van der Waals surface area contributed by atoms with Gasteiger partial charge in [0.05, 0.1) is 23.9 Å². The first-order chi connectivity index (χ1) is 17.0. The molecule has 36 heavy (non-hydrogen) atoms. The van der Waals surface area contributed by atoms with Gasteiger partial charge in [-0.15, -0.1) is 23.7 Å². The van der Waals surface area contributed by atoms with Crippen molar-refractivity contribution in [2.24, 2.45) is 0 Å². The van der Waals surface area contributed by atoms with Crippen LogP contribution >= 0.6 is 23.7 Å². The van der Waals surface area contributed by atoms with Gasteiger partial charge in [-0.25, -0.2) is 4.39 Å². The van der Waals surface area contributed by atoms with Crippen LogP contribution < -0.4 is 20.9 Å². The average molecular weight is 530 g/mol. The van der Waals surface area contributed by atoms with Crippen molar-refractivity contribution < 1.29 is 18.7 Å². The highest BCUT2D eigenvalue weighted by molar-refractivity contribution is 7.22. The highest BCUT2D eigenvalue weighted by Crippen LogP contribution is 2.40. The average Bonchev–Trinajstić information content (AvgIpc) is 3.28. The Bertz CT molecular complexity index is 1500. The number of thiophene rings is 1. The molecule has 0 atom stereocenters. The zero-order valence-electron chi connectivity index (χ0n) is 19.5. The van der Waals surface area contributed by atoms with Gasteiger partial charge in [0, 0.05) is 17.0 Å². The molecule has 0 spiro atoms. The molecule has 1 aliphatic heterocycles. The van der Waals surface area contributed by atoms with Crippen molar-refractivity contribution in [2.45, 2.75) is 25.4 Å². The van der Waals surface area contributed by atoms with Crippen LogP contribution in [0.25, 0.3) is 21.0 Å². The number of pyridine rings is 1. The Balaban J connectivity index is 0.00000304. The lowest BCUT2D eigenvalue weighted by atomic mass is 10.1. The molecule has 0 aliphatic carbocycles. The highest BCUT2D eigenvalue weighted by atomic mass is 35.5. The molecule has 1 fully saturated rings. The molecule has 2 aromatic heterocycles. The number of fused-ring (bicyclic) bond motifs is 3. The third-order valence-electron chi connectivity index (χ3n) is 6.30. The topological polar surface area (TPSA) is 89.4 Å². The molecule has 0 bridgehead atoms. The van der Waals surface area contributed by atoms with Crippen LogP contribution in [0, 0.1) is 5.82 Å². The van der Waals surface area contributed by atoms with Gasteiger partial charge in [-0.1, -0.05) is 30.3 Å². The molecule has 4 aromatic rings. The summed E-state index contributed by atoms with van der Waals surface area (Å²) in [5.74, 6) is -0.915.